The molecular weight excluding hydrogens is 328 g/mol. The molecule has 1 aromatic carbocycles. The lowest BCUT2D eigenvalue weighted by atomic mass is 10.1. The van der Waals surface area contributed by atoms with Crippen LogP contribution in [0.2, 0.25) is 0 Å². The predicted octanol–water partition coefficient (Wildman–Crippen LogP) is 1.79. The Kier molecular flexibility index (Phi) is 4.57. The van der Waals surface area contributed by atoms with Gasteiger partial charge in [0.25, 0.3) is 0 Å². The summed E-state index contributed by atoms with van der Waals surface area (Å²) in [6.07, 6.45) is 2.97. The average molecular weight is 348 g/mol. The number of nitrogens with zero attached hydrogens (tertiary/aromatic N) is 2. The van der Waals surface area contributed by atoms with Crippen LogP contribution in [0, 0.1) is 0 Å². The van der Waals surface area contributed by atoms with Gasteiger partial charge in [-0.3, -0.25) is 4.68 Å². The fourth-order valence-corrected chi connectivity index (χ4v) is 4.51. The Labute approximate surface area is 141 Å². The second kappa shape index (κ2) is 6.64. The molecule has 2 N–H and O–H groups in total. The highest BCUT2D eigenvalue weighted by atomic mass is 32.2. The average Bonchev–Trinajstić information content (AvgIpc) is 2.87. The number of sulfone groups is 1. The number of nitrogens with one attached hydrogen (secondary N) is 2. The van der Waals surface area contributed by atoms with Gasteiger partial charge in [-0.2, -0.15) is 5.10 Å². The number of aromatic nitrogens is 2. The Morgan fingerprint density at radius 1 is 1.29 bits per heavy atom. The molecular formula is C16H20N4O3S. The minimum Gasteiger partial charge on any atom is -0.334 e. The highest BCUT2D eigenvalue weighted by Crippen LogP contribution is 2.25. The second-order valence-electron chi connectivity index (χ2n) is 5.98. The summed E-state index contributed by atoms with van der Waals surface area (Å²) in [7, 11) is -1.28. The predicted molar refractivity (Wildman–Crippen MR) is 92.5 cm³/mol. The van der Waals surface area contributed by atoms with E-state index in [4.69, 9.17) is 0 Å². The molecule has 3 rings (SSSR count). The SMILES string of the molecule is Cn1cc(NC(=O)NC2CCCS(=O)(=O)C2)c(-c2ccccc2)n1. The summed E-state index contributed by atoms with van der Waals surface area (Å²) in [5.41, 5.74) is 2.15. The van der Waals surface area contributed by atoms with Gasteiger partial charge in [0, 0.05) is 24.8 Å². The van der Waals surface area contributed by atoms with Gasteiger partial charge in [0.2, 0.25) is 0 Å². The van der Waals surface area contributed by atoms with E-state index in [0.717, 1.165) is 5.56 Å². The van der Waals surface area contributed by atoms with Crippen molar-refractivity contribution < 1.29 is 13.2 Å². The van der Waals surface area contributed by atoms with Crippen LogP contribution in [0.5, 0.6) is 0 Å². The van der Waals surface area contributed by atoms with Crippen molar-refractivity contribution in [2.75, 3.05) is 16.8 Å². The summed E-state index contributed by atoms with van der Waals surface area (Å²) in [6.45, 7) is 0. The lowest BCUT2D eigenvalue weighted by Crippen LogP contribution is -2.44. The first-order valence-corrected chi connectivity index (χ1v) is 9.62. The smallest absolute Gasteiger partial charge is 0.319 e. The van der Waals surface area contributed by atoms with Crippen molar-refractivity contribution >= 4 is 21.6 Å². The van der Waals surface area contributed by atoms with Crippen LogP contribution >= 0.6 is 0 Å². The molecule has 1 unspecified atom stereocenters. The number of hydrogen-bond donors (Lipinski definition) is 2. The third kappa shape index (κ3) is 3.94. The Bertz CT molecular complexity index is 830. The first-order valence-electron chi connectivity index (χ1n) is 7.80. The van der Waals surface area contributed by atoms with E-state index >= 15 is 0 Å². The monoisotopic (exact) mass is 348 g/mol. The van der Waals surface area contributed by atoms with E-state index in [-0.39, 0.29) is 17.5 Å². The van der Waals surface area contributed by atoms with E-state index in [9.17, 15) is 13.2 Å². The van der Waals surface area contributed by atoms with Crippen molar-refractivity contribution in [1.82, 2.24) is 15.1 Å². The van der Waals surface area contributed by atoms with E-state index in [0.29, 0.717) is 24.2 Å². The lowest BCUT2D eigenvalue weighted by molar-refractivity contribution is 0.248. The zero-order valence-electron chi connectivity index (χ0n) is 13.4. The van der Waals surface area contributed by atoms with Crippen LogP contribution in [0.3, 0.4) is 0 Å². The van der Waals surface area contributed by atoms with Crippen LogP contribution in [0.1, 0.15) is 12.8 Å². The molecule has 1 fully saturated rings. The van der Waals surface area contributed by atoms with Crippen LogP contribution in [0.4, 0.5) is 10.5 Å². The maximum atomic E-state index is 12.2. The summed E-state index contributed by atoms with van der Waals surface area (Å²) in [5.74, 6) is 0.201. The number of amides is 2. The summed E-state index contributed by atoms with van der Waals surface area (Å²) in [5, 5.41) is 9.90. The lowest BCUT2D eigenvalue weighted by Gasteiger charge is -2.23. The molecule has 0 saturated carbocycles. The Morgan fingerprint density at radius 2 is 2.04 bits per heavy atom. The summed E-state index contributed by atoms with van der Waals surface area (Å²) >= 11 is 0. The zero-order valence-corrected chi connectivity index (χ0v) is 14.2. The molecule has 1 aliphatic rings. The van der Waals surface area contributed by atoms with Gasteiger partial charge in [0.15, 0.2) is 9.84 Å². The Balaban J connectivity index is 1.71. The molecule has 7 nitrogen and oxygen atoms in total. The van der Waals surface area contributed by atoms with Crippen LogP contribution in [0.25, 0.3) is 11.3 Å². The molecule has 2 amide bonds. The Hall–Kier alpha value is -2.35. The number of hydrogen-bond acceptors (Lipinski definition) is 4. The van der Waals surface area contributed by atoms with Crippen molar-refractivity contribution in [2.45, 2.75) is 18.9 Å². The highest BCUT2D eigenvalue weighted by molar-refractivity contribution is 7.91. The van der Waals surface area contributed by atoms with Gasteiger partial charge in [-0.15, -0.1) is 0 Å². The maximum absolute atomic E-state index is 12.2. The van der Waals surface area contributed by atoms with Gasteiger partial charge in [0.1, 0.15) is 5.69 Å². The molecule has 1 aliphatic heterocycles. The minimum absolute atomic E-state index is 0.000990. The molecule has 2 aromatic rings. The molecule has 1 saturated heterocycles. The highest BCUT2D eigenvalue weighted by Gasteiger charge is 2.26. The zero-order chi connectivity index (χ0) is 17.2. The summed E-state index contributed by atoms with van der Waals surface area (Å²) in [6, 6.07) is 8.79. The summed E-state index contributed by atoms with van der Waals surface area (Å²) < 4.78 is 24.9. The van der Waals surface area contributed by atoms with Crippen LogP contribution in [-0.2, 0) is 16.9 Å². The van der Waals surface area contributed by atoms with E-state index < -0.39 is 15.9 Å². The van der Waals surface area contributed by atoms with Crippen LogP contribution in [0.15, 0.2) is 36.5 Å². The number of benzene rings is 1. The van der Waals surface area contributed by atoms with Gasteiger partial charge in [-0.1, -0.05) is 30.3 Å². The molecule has 0 spiro atoms. The van der Waals surface area contributed by atoms with Crippen molar-refractivity contribution in [1.29, 1.82) is 0 Å². The third-order valence-electron chi connectivity index (χ3n) is 3.92. The number of urea groups is 1. The van der Waals surface area contributed by atoms with Crippen molar-refractivity contribution in [3.05, 3.63) is 36.5 Å². The molecule has 1 aromatic heterocycles. The van der Waals surface area contributed by atoms with Gasteiger partial charge in [0.05, 0.1) is 17.2 Å². The first kappa shape index (κ1) is 16.5. The van der Waals surface area contributed by atoms with Gasteiger partial charge in [-0.25, -0.2) is 13.2 Å². The normalized spacial score (nSPS) is 19.6. The van der Waals surface area contributed by atoms with Crippen LogP contribution in [-0.4, -0.2) is 41.8 Å². The molecule has 8 heteroatoms. The fraction of sp³-hybridized carbons (Fsp3) is 0.375. The van der Waals surface area contributed by atoms with Gasteiger partial charge in [-0.05, 0) is 12.8 Å². The molecule has 0 bridgehead atoms. The second-order valence-corrected chi connectivity index (χ2v) is 8.21. The summed E-state index contributed by atoms with van der Waals surface area (Å²) in [4.78, 5) is 12.2. The number of rotatable bonds is 3. The fourth-order valence-electron chi connectivity index (χ4n) is 2.87. The maximum Gasteiger partial charge on any atom is 0.319 e. The molecule has 24 heavy (non-hydrogen) atoms. The van der Waals surface area contributed by atoms with E-state index in [1.807, 2.05) is 30.3 Å². The quantitative estimate of drug-likeness (QED) is 0.884. The van der Waals surface area contributed by atoms with Crippen molar-refractivity contribution in [2.24, 2.45) is 7.05 Å². The first-order chi connectivity index (χ1) is 11.4. The molecule has 128 valence electrons. The molecule has 2 heterocycles. The minimum atomic E-state index is -3.06. The number of carbonyl (C=O) groups is 1. The number of carbonyl (C=O) groups excluding carboxylic acids is 1. The standard InChI is InChI=1S/C16H20N4O3S/c1-20-10-14(15(19-20)12-6-3-2-4-7-12)18-16(21)17-13-8-5-9-24(22,23)11-13/h2-4,6-7,10,13H,5,8-9,11H2,1H3,(H2,17,18,21). The largest absolute Gasteiger partial charge is 0.334 e. The molecule has 0 radical (unpaired) electrons. The van der Waals surface area contributed by atoms with E-state index in [1.54, 1.807) is 17.9 Å². The third-order valence-corrected chi connectivity index (χ3v) is 5.74. The van der Waals surface area contributed by atoms with Gasteiger partial charge < -0.3 is 10.6 Å². The molecule has 1 atom stereocenters. The van der Waals surface area contributed by atoms with Gasteiger partial charge >= 0.3 is 6.03 Å². The van der Waals surface area contributed by atoms with E-state index in [2.05, 4.69) is 15.7 Å². The topological polar surface area (TPSA) is 93.1 Å². The number of anilines is 1. The van der Waals surface area contributed by atoms with E-state index in [1.165, 1.54) is 0 Å². The number of aryl methyl sites for hydroxylation is 1. The molecule has 0 aliphatic carbocycles. The van der Waals surface area contributed by atoms with Crippen molar-refractivity contribution in [3.8, 4) is 11.3 Å². The van der Waals surface area contributed by atoms with Crippen LogP contribution < -0.4 is 10.6 Å². The van der Waals surface area contributed by atoms with Crippen molar-refractivity contribution in [3.63, 3.8) is 0 Å². The Morgan fingerprint density at radius 3 is 2.75 bits per heavy atom.